The van der Waals surface area contributed by atoms with E-state index in [0.29, 0.717) is 13.1 Å². The van der Waals surface area contributed by atoms with Crippen LogP contribution in [0.15, 0.2) is 0 Å². The van der Waals surface area contributed by atoms with Gasteiger partial charge in [0.15, 0.2) is 0 Å². The van der Waals surface area contributed by atoms with Gasteiger partial charge in [-0.1, -0.05) is 12.8 Å². The van der Waals surface area contributed by atoms with E-state index in [9.17, 15) is 9.90 Å². The molecule has 0 spiro atoms. The molecule has 2 fully saturated rings. The predicted molar refractivity (Wildman–Crippen MR) is 77.6 cm³/mol. The lowest BCUT2D eigenvalue weighted by Gasteiger charge is -2.26. The van der Waals surface area contributed by atoms with Crippen LogP contribution in [0.1, 0.15) is 52.9 Å². The van der Waals surface area contributed by atoms with Crippen molar-refractivity contribution in [1.29, 1.82) is 0 Å². The molecule has 0 aromatic rings. The molecule has 1 atom stereocenters. The number of carbonyl (C=O) groups is 1. The van der Waals surface area contributed by atoms with E-state index >= 15 is 0 Å². The number of likely N-dealkylation sites (tertiary alicyclic amines) is 1. The summed E-state index contributed by atoms with van der Waals surface area (Å²) in [6, 6.07) is 0.271. The molecule has 116 valence electrons. The zero-order valence-corrected chi connectivity index (χ0v) is 12.9. The van der Waals surface area contributed by atoms with Gasteiger partial charge in [0.1, 0.15) is 5.60 Å². The number of carbonyl (C=O) groups excluding carboxylic acids is 1. The van der Waals surface area contributed by atoms with Crippen LogP contribution in [0.25, 0.3) is 0 Å². The molecule has 1 heterocycles. The Morgan fingerprint density at radius 3 is 2.65 bits per heavy atom. The summed E-state index contributed by atoms with van der Waals surface area (Å²) < 4.78 is 5.38. The first kappa shape index (κ1) is 15.6. The third-order valence-corrected chi connectivity index (χ3v) is 4.09. The highest BCUT2D eigenvalue weighted by Gasteiger charge is 2.34. The molecule has 1 amide bonds. The van der Waals surface area contributed by atoms with E-state index in [2.05, 4.69) is 5.32 Å². The number of amides is 1. The fraction of sp³-hybridized carbons (Fsp3) is 0.933. The van der Waals surface area contributed by atoms with Crippen molar-refractivity contribution in [3.05, 3.63) is 0 Å². The van der Waals surface area contributed by atoms with Crippen molar-refractivity contribution in [1.82, 2.24) is 10.2 Å². The van der Waals surface area contributed by atoms with Crippen LogP contribution >= 0.6 is 0 Å². The maximum Gasteiger partial charge on any atom is 0.410 e. The molecule has 2 N–H and O–H groups in total. The number of ether oxygens (including phenoxy) is 1. The minimum Gasteiger partial charge on any atom is -0.444 e. The molecule has 1 unspecified atom stereocenters. The van der Waals surface area contributed by atoms with Gasteiger partial charge in [0.25, 0.3) is 0 Å². The van der Waals surface area contributed by atoms with Gasteiger partial charge in [-0.3, -0.25) is 0 Å². The second-order valence-electron chi connectivity index (χ2n) is 7.22. The monoisotopic (exact) mass is 284 g/mol. The van der Waals surface area contributed by atoms with Gasteiger partial charge < -0.3 is 20.1 Å². The van der Waals surface area contributed by atoms with Crippen LogP contribution in [0, 0.1) is 0 Å². The Morgan fingerprint density at radius 1 is 1.40 bits per heavy atom. The summed E-state index contributed by atoms with van der Waals surface area (Å²) in [6.07, 6.45) is 4.71. The van der Waals surface area contributed by atoms with Gasteiger partial charge >= 0.3 is 6.09 Å². The molecule has 20 heavy (non-hydrogen) atoms. The number of rotatable bonds is 3. The average Bonchev–Trinajstić information content (AvgIpc) is 2.93. The van der Waals surface area contributed by atoms with Crippen molar-refractivity contribution >= 4 is 6.09 Å². The molecule has 1 saturated heterocycles. The molecule has 5 nitrogen and oxygen atoms in total. The van der Waals surface area contributed by atoms with Gasteiger partial charge in [-0.15, -0.1) is 0 Å². The van der Waals surface area contributed by atoms with E-state index in [4.69, 9.17) is 4.74 Å². The largest absolute Gasteiger partial charge is 0.444 e. The number of nitrogens with zero attached hydrogens (tertiary/aromatic N) is 1. The molecule has 0 bridgehead atoms. The van der Waals surface area contributed by atoms with Gasteiger partial charge in [0.05, 0.1) is 5.60 Å². The lowest BCUT2D eigenvalue weighted by molar-refractivity contribution is 0.0284. The first-order valence-electron chi connectivity index (χ1n) is 7.71. The minimum atomic E-state index is -0.528. The Hall–Kier alpha value is -0.810. The summed E-state index contributed by atoms with van der Waals surface area (Å²) >= 11 is 0. The Bertz CT molecular complexity index is 346. The third kappa shape index (κ3) is 4.35. The number of aliphatic hydroxyl groups is 1. The highest BCUT2D eigenvalue weighted by molar-refractivity contribution is 5.68. The maximum absolute atomic E-state index is 12.0. The molecule has 2 aliphatic rings. The zero-order chi connectivity index (χ0) is 14.8. The van der Waals surface area contributed by atoms with Crippen LogP contribution in [0.4, 0.5) is 4.79 Å². The topological polar surface area (TPSA) is 61.8 Å². The number of hydrogen-bond acceptors (Lipinski definition) is 4. The van der Waals surface area contributed by atoms with Crippen molar-refractivity contribution in [2.45, 2.75) is 70.1 Å². The smallest absolute Gasteiger partial charge is 0.410 e. The second kappa shape index (κ2) is 5.90. The summed E-state index contributed by atoms with van der Waals surface area (Å²) in [5.74, 6) is 0. The molecular formula is C15H28N2O3. The molecule has 5 heteroatoms. The molecule has 0 aromatic heterocycles. The van der Waals surface area contributed by atoms with Crippen molar-refractivity contribution < 1.29 is 14.6 Å². The molecule has 1 saturated carbocycles. The maximum atomic E-state index is 12.0. The summed E-state index contributed by atoms with van der Waals surface area (Å²) in [6.45, 7) is 7.68. The molecule has 0 radical (unpaired) electrons. The Kier molecular flexibility index (Phi) is 4.59. The Balaban J connectivity index is 1.73. The van der Waals surface area contributed by atoms with E-state index in [1.807, 2.05) is 20.8 Å². The third-order valence-electron chi connectivity index (χ3n) is 4.09. The Morgan fingerprint density at radius 2 is 2.05 bits per heavy atom. The summed E-state index contributed by atoms with van der Waals surface area (Å²) in [4.78, 5) is 13.7. The zero-order valence-electron chi connectivity index (χ0n) is 12.9. The fourth-order valence-corrected chi connectivity index (χ4v) is 2.96. The van der Waals surface area contributed by atoms with Crippen molar-refractivity contribution in [3.8, 4) is 0 Å². The first-order valence-corrected chi connectivity index (χ1v) is 7.71. The number of nitrogens with one attached hydrogen (secondary N) is 1. The van der Waals surface area contributed by atoms with Crippen LogP contribution in [-0.4, -0.2) is 53.0 Å². The number of hydrogen-bond donors (Lipinski definition) is 2. The molecular weight excluding hydrogens is 256 g/mol. The molecule has 1 aliphatic heterocycles. The van der Waals surface area contributed by atoms with E-state index in [1.54, 1.807) is 4.90 Å². The molecule has 0 aromatic carbocycles. The van der Waals surface area contributed by atoms with Crippen LogP contribution < -0.4 is 5.32 Å². The summed E-state index contributed by atoms with van der Waals surface area (Å²) in [7, 11) is 0. The predicted octanol–water partition coefficient (Wildman–Crippen LogP) is 1.89. The lowest BCUT2D eigenvalue weighted by Crippen LogP contribution is -2.44. The van der Waals surface area contributed by atoms with Gasteiger partial charge in [0, 0.05) is 25.7 Å². The van der Waals surface area contributed by atoms with Crippen LogP contribution in [0.3, 0.4) is 0 Å². The van der Waals surface area contributed by atoms with E-state index < -0.39 is 11.2 Å². The standard InChI is InChI=1S/C15H28N2O3/c1-14(2,3)20-13(18)17-9-6-12(10-17)16-11-15(19)7-4-5-8-15/h12,16,19H,4-11H2,1-3H3. The molecule has 2 rings (SSSR count). The minimum absolute atomic E-state index is 0.235. The van der Waals surface area contributed by atoms with Crippen molar-refractivity contribution in [2.75, 3.05) is 19.6 Å². The average molecular weight is 284 g/mol. The highest BCUT2D eigenvalue weighted by atomic mass is 16.6. The lowest BCUT2D eigenvalue weighted by atomic mass is 10.0. The molecule has 1 aliphatic carbocycles. The quantitative estimate of drug-likeness (QED) is 0.831. The second-order valence-corrected chi connectivity index (χ2v) is 7.22. The normalized spacial score (nSPS) is 26.0. The van der Waals surface area contributed by atoms with Gasteiger partial charge in [-0.2, -0.15) is 0 Å². The van der Waals surface area contributed by atoms with Crippen molar-refractivity contribution in [3.63, 3.8) is 0 Å². The van der Waals surface area contributed by atoms with Gasteiger partial charge in [-0.25, -0.2) is 4.79 Å². The van der Waals surface area contributed by atoms with Gasteiger partial charge in [0.2, 0.25) is 0 Å². The van der Waals surface area contributed by atoms with E-state index in [-0.39, 0.29) is 12.1 Å². The Labute approximate surface area is 121 Å². The van der Waals surface area contributed by atoms with Crippen LogP contribution in [0.5, 0.6) is 0 Å². The van der Waals surface area contributed by atoms with Crippen LogP contribution in [-0.2, 0) is 4.74 Å². The summed E-state index contributed by atoms with van der Waals surface area (Å²) in [5.41, 5.74) is -0.971. The van der Waals surface area contributed by atoms with E-state index in [1.165, 1.54) is 0 Å². The highest BCUT2D eigenvalue weighted by Crippen LogP contribution is 2.29. The fourth-order valence-electron chi connectivity index (χ4n) is 2.96. The first-order chi connectivity index (χ1) is 9.27. The summed E-state index contributed by atoms with van der Waals surface area (Å²) in [5, 5.41) is 13.7. The van der Waals surface area contributed by atoms with Crippen molar-refractivity contribution in [2.24, 2.45) is 0 Å². The van der Waals surface area contributed by atoms with Crippen LogP contribution in [0.2, 0.25) is 0 Å². The van der Waals surface area contributed by atoms with E-state index in [0.717, 1.165) is 38.6 Å². The van der Waals surface area contributed by atoms with Gasteiger partial charge in [-0.05, 0) is 40.0 Å². The SMILES string of the molecule is CC(C)(C)OC(=O)N1CCC(NCC2(O)CCCC2)C1.